The Labute approximate surface area is 113 Å². The number of ether oxygens (including phenoxy) is 1. The number of nitrogens with zero attached hydrogens (tertiary/aromatic N) is 2. The molecule has 0 atom stereocenters. The zero-order valence-corrected chi connectivity index (χ0v) is 11.6. The summed E-state index contributed by atoms with van der Waals surface area (Å²) in [4.78, 5) is 18.1. The van der Waals surface area contributed by atoms with Gasteiger partial charge in [0.05, 0.1) is 24.4 Å². The number of anilines is 2. The Morgan fingerprint density at radius 3 is 2.79 bits per heavy atom. The van der Waals surface area contributed by atoms with Crippen molar-refractivity contribution in [2.45, 2.75) is 26.7 Å². The third kappa shape index (κ3) is 3.16. The van der Waals surface area contributed by atoms with Crippen LogP contribution in [-0.2, 0) is 9.53 Å². The number of piperidine rings is 1. The molecule has 0 bridgehead atoms. The second kappa shape index (κ2) is 5.91. The fourth-order valence-electron chi connectivity index (χ4n) is 2.52. The van der Waals surface area contributed by atoms with Crippen molar-refractivity contribution in [2.75, 3.05) is 30.3 Å². The van der Waals surface area contributed by atoms with Crippen LogP contribution in [-0.4, -0.2) is 30.6 Å². The van der Waals surface area contributed by atoms with E-state index >= 15 is 0 Å². The summed E-state index contributed by atoms with van der Waals surface area (Å²) in [6.07, 6.45) is 3.49. The van der Waals surface area contributed by atoms with E-state index in [-0.39, 0.29) is 11.9 Å². The number of nitrogens with two attached hydrogens (primary N) is 1. The number of hydrogen-bond acceptors (Lipinski definition) is 5. The van der Waals surface area contributed by atoms with E-state index in [2.05, 4.69) is 9.88 Å². The van der Waals surface area contributed by atoms with Crippen LogP contribution in [0.15, 0.2) is 12.3 Å². The third-order valence-electron chi connectivity index (χ3n) is 3.56. The number of hydrogen-bond donors (Lipinski definition) is 1. The Morgan fingerprint density at radius 1 is 1.53 bits per heavy atom. The number of carbonyl (C=O) groups excluding carboxylic acids is 1. The number of rotatable bonds is 3. The molecule has 1 saturated heterocycles. The van der Waals surface area contributed by atoms with Gasteiger partial charge >= 0.3 is 5.97 Å². The summed E-state index contributed by atoms with van der Waals surface area (Å²) in [7, 11) is 0. The Kier molecular flexibility index (Phi) is 4.24. The number of pyridine rings is 1. The lowest BCUT2D eigenvalue weighted by molar-refractivity contribution is -0.148. The topological polar surface area (TPSA) is 68.5 Å². The smallest absolute Gasteiger partial charge is 0.309 e. The van der Waals surface area contributed by atoms with E-state index in [1.54, 1.807) is 0 Å². The second-order valence-electron chi connectivity index (χ2n) is 4.91. The lowest BCUT2D eigenvalue weighted by Crippen LogP contribution is -2.37. The van der Waals surface area contributed by atoms with Gasteiger partial charge in [0.2, 0.25) is 0 Å². The Bertz CT molecular complexity index is 454. The highest BCUT2D eigenvalue weighted by atomic mass is 16.5. The van der Waals surface area contributed by atoms with Gasteiger partial charge in [0.1, 0.15) is 5.82 Å². The van der Waals surface area contributed by atoms with Crippen LogP contribution in [0.5, 0.6) is 0 Å². The summed E-state index contributed by atoms with van der Waals surface area (Å²) in [6, 6.07) is 1.88. The largest absolute Gasteiger partial charge is 0.466 e. The number of carbonyl (C=O) groups is 1. The molecule has 0 amide bonds. The van der Waals surface area contributed by atoms with Crippen LogP contribution in [0.4, 0.5) is 11.5 Å². The molecule has 104 valence electrons. The molecule has 0 aromatic carbocycles. The summed E-state index contributed by atoms with van der Waals surface area (Å²) in [5.74, 6) is 0.523. The highest BCUT2D eigenvalue weighted by Gasteiger charge is 2.26. The first-order valence-corrected chi connectivity index (χ1v) is 6.75. The molecule has 0 saturated carbocycles. The van der Waals surface area contributed by atoms with Crippen molar-refractivity contribution in [3.8, 4) is 0 Å². The fourth-order valence-corrected chi connectivity index (χ4v) is 2.52. The minimum absolute atomic E-state index is 0.0400. The maximum Gasteiger partial charge on any atom is 0.309 e. The fraction of sp³-hybridized carbons (Fsp3) is 0.571. The third-order valence-corrected chi connectivity index (χ3v) is 3.56. The van der Waals surface area contributed by atoms with Crippen molar-refractivity contribution in [1.82, 2.24) is 4.98 Å². The monoisotopic (exact) mass is 263 g/mol. The Morgan fingerprint density at radius 2 is 2.21 bits per heavy atom. The van der Waals surface area contributed by atoms with Crippen LogP contribution in [0, 0.1) is 12.8 Å². The minimum atomic E-state index is -0.0608. The molecule has 2 N–H and O–H groups in total. The van der Waals surface area contributed by atoms with Crippen molar-refractivity contribution in [3.63, 3.8) is 0 Å². The number of nitrogen functional groups attached to an aromatic ring is 1. The van der Waals surface area contributed by atoms with Gasteiger partial charge in [-0.05, 0) is 38.3 Å². The molecular weight excluding hydrogens is 242 g/mol. The average Bonchev–Trinajstić information content (AvgIpc) is 2.39. The quantitative estimate of drug-likeness (QED) is 0.841. The van der Waals surface area contributed by atoms with Crippen molar-refractivity contribution >= 4 is 17.5 Å². The van der Waals surface area contributed by atoms with Crippen LogP contribution < -0.4 is 10.6 Å². The van der Waals surface area contributed by atoms with Gasteiger partial charge in [0.25, 0.3) is 0 Å². The number of aryl methyl sites for hydroxylation is 1. The first kappa shape index (κ1) is 13.6. The van der Waals surface area contributed by atoms with Gasteiger partial charge in [-0.3, -0.25) is 4.79 Å². The molecule has 1 aliphatic heterocycles. The summed E-state index contributed by atoms with van der Waals surface area (Å²) in [5, 5.41) is 0. The molecule has 1 aromatic rings. The zero-order chi connectivity index (χ0) is 13.8. The van der Waals surface area contributed by atoms with E-state index in [0.717, 1.165) is 37.2 Å². The normalized spacial score (nSPS) is 16.4. The molecule has 5 heteroatoms. The molecule has 0 radical (unpaired) electrons. The van der Waals surface area contributed by atoms with Crippen LogP contribution >= 0.6 is 0 Å². The van der Waals surface area contributed by atoms with Gasteiger partial charge in [-0.25, -0.2) is 4.98 Å². The summed E-state index contributed by atoms with van der Waals surface area (Å²) >= 11 is 0. The van der Waals surface area contributed by atoms with Gasteiger partial charge in [-0.15, -0.1) is 0 Å². The number of aromatic nitrogens is 1. The average molecular weight is 263 g/mol. The molecule has 0 spiro atoms. The predicted octanol–water partition coefficient (Wildman–Crippen LogP) is 1.75. The molecule has 1 aromatic heterocycles. The van der Waals surface area contributed by atoms with Crippen molar-refractivity contribution in [1.29, 1.82) is 0 Å². The maximum absolute atomic E-state index is 11.7. The summed E-state index contributed by atoms with van der Waals surface area (Å²) < 4.78 is 5.08. The summed E-state index contributed by atoms with van der Waals surface area (Å²) in [5.41, 5.74) is 7.90. The SMILES string of the molecule is CCOC(=O)C1CCN(c2cnc(N)cc2C)CC1. The Balaban J connectivity index is 1.98. The molecule has 0 aliphatic carbocycles. The summed E-state index contributed by atoms with van der Waals surface area (Å²) in [6.45, 7) is 6.05. The molecular formula is C14H21N3O2. The zero-order valence-electron chi connectivity index (χ0n) is 11.6. The minimum Gasteiger partial charge on any atom is -0.466 e. The van der Waals surface area contributed by atoms with E-state index in [0.29, 0.717) is 12.4 Å². The predicted molar refractivity (Wildman–Crippen MR) is 75.0 cm³/mol. The molecule has 5 nitrogen and oxygen atoms in total. The van der Waals surface area contributed by atoms with Gasteiger partial charge < -0.3 is 15.4 Å². The lowest BCUT2D eigenvalue weighted by atomic mass is 9.96. The van der Waals surface area contributed by atoms with Gasteiger partial charge in [0, 0.05) is 13.1 Å². The van der Waals surface area contributed by atoms with Crippen molar-refractivity contribution < 1.29 is 9.53 Å². The van der Waals surface area contributed by atoms with E-state index in [1.807, 2.05) is 26.1 Å². The van der Waals surface area contributed by atoms with Crippen molar-refractivity contribution in [2.24, 2.45) is 5.92 Å². The second-order valence-corrected chi connectivity index (χ2v) is 4.91. The molecule has 1 fully saturated rings. The van der Waals surface area contributed by atoms with E-state index in [9.17, 15) is 4.79 Å². The highest BCUT2D eigenvalue weighted by Crippen LogP contribution is 2.26. The maximum atomic E-state index is 11.7. The first-order chi connectivity index (χ1) is 9.11. The van der Waals surface area contributed by atoms with E-state index < -0.39 is 0 Å². The molecule has 2 rings (SSSR count). The molecule has 1 aliphatic rings. The van der Waals surface area contributed by atoms with E-state index in [1.165, 1.54) is 0 Å². The Hall–Kier alpha value is -1.78. The molecule has 2 heterocycles. The van der Waals surface area contributed by atoms with Gasteiger partial charge in [-0.1, -0.05) is 0 Å². The van der Waals surface area contributed by atoms with Gasteiger partial charge in [-0.2, -0.15) is 0 Å². The molecule has 19 heavy (non-hydrogen) atoms. The van der Waals surface area contributed by atoms with Crippen LogP contribution in [0.3, 0.4) is 0 Å². The van der Waals surface area contributed by atoms with E-state index in [4.69, 9.17) is 10.5 Å². The van der Waals surface area contributed by atoms with Crippen LogP contribution in [0.25, 0.3) is 0 Å². The number of esters is 1. The van der Waals surface area contributed by atoms with Crippen molar-refractivity contribution in [3.05, 3.63) is 17.8 Å². The van der Waals surface area contributed by atoms with Crippen LogP contribution in [0.1, 0.15) is 25.3 Å². The first-order valence-electron chi connectivity index (χ1n) is 6.75. The lowest BCUT2D eigenvalue weighted by Gasteiger charge is -2.33. The van der Waals surface area contributed by atoms with Crippen LogP contribution in [0.2, 0.25) is 0 Å². The highest BCUT2D eigenvalue weighted by molar-refractivity contribution is 5.73. The van der Waals surface area contributed by atoms with Gasteiger partial charge in [0.15, 0.2) is 0 Å². The molecule has 0 unspecified atom stereocenters. The standard InChI is InChI=1S/C14H21N3O2/c1-3-19-14(18)11-4-6-17(7-5-11)12-9-16-13(15)8-10(12)2/h8-9,11H,3-7H2,1-2H3,(H2,15,16).